The molecule has 1 aromatic carbocycles. The molecule has 0 saturated carbocycles. The molecular weight excluding hydrogens is 168 g/mol. The number of rotatable bonds is 0. The van der Waals surface area contributed by atoms with Crippen LogP contribution in [-0.2, 0) is 0 Å². The van der Waals surface area contributed by atoms with Gasteiger partial charge < -0.3 is 14.6 Å². The Morgan fingerprint density at radius 2 is 2.00 bits per heavy atom. The molecule has 0 saturated heterocycles. The maximum atomic E-state index is 9.66. The van der Waals surface area contributed by atoms with Crippen LogP contribution in [0.5, 0.6) is 17.2 Å². The van der Waals surface area contributed by atoms with Crippen molar-refractivity contribution in [1.29, 1.82) is 0 Å². The van der Waals surface area contributed by atoms with E-state index in [-0.39, 0.29) is 5.75 Å². The lowest BCUT2D eigenvalue weighted by molar-refractivity contribution is 0.291. The number of fused-ring (bicyclic) bond motifs is 1. The Labute approximate surface area is 76.9 Å². The molecule has 3 nitrogen and oxygen atoms in total. The molecule has 1 aliphatic rings. The van der Waals surface area contributed by atoms with Gasteiger partial charge in [-0.05, 0) is 18.6 Å². The number of ether oxygens (including phenoxy) is 2. The zero-order valence-electron chi connectivity index (χ0n) is 7.54. The highest BCUT2D eigenvalue weighted by atomic mass is 16.5. The standard InChI is InChI=1S/C10H12O3/c1-7-3-4-8-10(9(7)11)13-6-2-5-12-8/h3-4,11H,2,5-6H2,1H3. The quantitative estimate of drug-likeness (QED) is 0.662. The lowest BCUT2D eigenvalue weighted by Gasteiger charge is -2.09. The van der Waals surface area contributed by atoms with Crippen LogP contribution in [0, 0.1) is 6.92 Å². The molecule has 0 bridgehead atoms. The summed E-state index contributed by atoms with van der Waals surface area (Å²) in [6, 6.07) is 3.65. The summed E-state index contributed by atoms with van der Waals surface area (Å²) in [6.45, 7) is 3.09. The summed E-state index contributed by atoms with van der Waals surface area (Å²) < 4.78 is 10.8. The van der Waals surface area contributed by atoms with Crippen LogP contribution in [0.2, 0.25) is 0 Å². The molecule has 0 atom stereocenters. The molecule has 0 radical (unpaired) electrons. The first kappa shape index (κ1) is 8.23. The van der Waals surface area contributed by atoms with Gasteiger partial charge >= 0.3 is 0 Å². The maximum absolute atomic E-state index is 9.66. The van der Waals surface area contributed by atoms with E-state index in [1.54, 1.807) is 0 Å². The minimum absolute atomic E-state index is 0.194. The smallest absolute Gasteiger partial charge is 0.203 e. The van der Waals surface area contributed by atoms with Gasteiger partial charge in [0.05, 0.1) is 13.2 Å². The predicted molar refractivity (Wildman–Crippen MR) is 48.5 cm³/mol. The fourth-order valence-electron chi connectivity index (χ4n) is 1.32. The fourth-order valence-corrected chi connectivity index (χ4v) is 1.32. The van der Waals surface area contributed by atoms with Gasteiger partial charge in [-0.25, -0.2) is 0 Å². The Bertz CT molecular complexity index is 320. The molecule has 1 aliphatic heterocycles. The Kier molecular flexibility index (Phi) is 2.00. The lowest BCUT2D eigenvalue weighted by atomic mass is 10.2. The SMILES string of the molecule is Cc1ccc2c(c1O)OCCCO2. The van der Waals surface area contributed by atoms with Crippen LogP contribution >= 0.6 is 0 Å². The van der Waals surface area contributed by atoms with Crippen molar-refractivity contribution in [1.82, 2.24) is 0 Å². The Balaban J connectivity index is 2.48. The van der Waals surface area contributed by atoms with Crippen LogP contribution in [0.3, 0.4) is 0 Å². The summed E-state index contributed by atoms with van der Waals surface area (Å²) in [7, 11) is 0. The molecule has 0 aromatic heterocycles. The zero-order chi connectivity index (χ0) is 9.26. The van der Waals surface area contributed by atoms with E-state index in [1.807, 2.05) is 19.1 Å². The number of aryl methyl sites for hydroxylation is 1. The third-order valence-corrected chi connectivity index (χ3v) is 2.09. The van der Waals surface area contributed by atoms with E-state index >= 15 is 0 Å². The van der Waals surface area contributed by atoms with E-state index in [4.69, 9.17) is 9.47 Å². The minimum atomic E-state index is 0.194. The lowest BCUT2D eigenvalue weighted by Crippen LogP contribution is -1.97. The molecule has 1 heterocycles. The first-order valence-corrected chi connectivity index (χ1v) is 4.37. The topological polar surface area (TPSA) is 38.7 Å². The fraction of sp³-hybridized carbons (Fsp3) is 0.400. The number of phenolic OH excluding ortho intramolecular Hbond substituents is 1. The molecule has 0 fully saturated rings. The normalized spacial score (nSPS) is 15.2. The summed E-state index contributed by atoms with van der Waals surface area (Å²) in [5, 5.41) is 9.66. The molecule has 0 amide bonds. The van der Waals surface area contributed by atoms with Crippen LogP contribution in [0.4, 0.5) is 0 Å². The maximum Gasteiger partial charge on any atom is 0.203 e. The highest BCUT2D eigenvalue weighted by molar-refractivity contribution is 5.54. The van der Waals surface area contributed by atoms with Gasteiger partial charge in [0, 0.05) is 6.42 Å². The van der Waals surface area contributed by atoms with Crippen LogP contribution in [0.15, 0.2) is 12.1 Å². The van der Waals surface area contributed by atoms with E-state index in [2.05, 4.69) is 0 Å². The van der Waals surface area contributed by atoms with Gasteiger partial charge in [0.1, 0.15) is 0 Å². The third-order valence-electron chi connectivity index (χ3n) is 2.09. The van der Waals surface area contributed by atoms with E-state index in [0.29, 0.717) is 24.7 Å². The molecule has 3 heteroatoms. The monoisotopic (exact) mass is 180 g/mol. The molecule has 0 unspecified atom stereocenters. The third kappa shape index (κ3) is 1.41. The number of hydrogen-bond acceptors (Lipinski definition) is 3. The summed E-state index contributed by atoms with van der Waals surface area (Å²) >= 11 is 0. The first-order chi connectivity index (χ1) is 6.29. The molecular formula is C10H12O3. The van der Waals surface area contributed by atoms with Crippen molar-refractivity contribution < 1.29 is 14.6 Å². The Hall–Kier alpha value is -1.38. The first-order valence-electron chi connectivity index (χ1n) is 4.37. The Morgan fingerprint density at radius 1 is 1.23 bits per heavy atom. The van der Waals surface area contributed by atoms with Gasteiger partial charge in [-0.1, -0.05) is 6.07 Å². The second-order valence-electron chi connectivity index (χ2n) is 3.11. The second-order valence-corrected chi connectivity index (χ2v) is 3.11. The van der Waals surface area contributed by atoms with Crippen molar-refractivity contribution in [3.63, 3.8) is 0 Å². The van der Waals surface area contributed by atoms with E-state index in [1.165, 1.54) is 0 Å². The average molecular weight is 180 g/mol. The highest BCUT2D eigenvalue weighted by Gasteiger charge is 2.15. The van der Waals surface area contributed by atoms with Gasteiger partial charge in [0.15, 0.2) is 11.5 Å². The second kappa shape index (κ2) is 3.17. The average Bonchev–Trinajstić information content (AvgIpc) is 2.36. The van der Waals surface area contributed by atoms with Crippen molar-refractivity contribution in [2.75, 3.05) is 13.2 Å². The minimum Gasteiger partial charge on any atom is -0.504 e. The number of benzene rings is 1. The number of phenols is 1. The van der Waals surface area contributed by atoms with Crippen molar-refractivity contribution in [3.05, 3.63) is 17.7 Å². The van der Waals surface area contributed by atoms with Gasteiger partial charge in [0.2, 0.25) is 5.75 Å². The van der Waals surface area contributed by atoms with Crippen LogP contribution in [0.25, 0.3) is 0 Å². The largest absolute Gasteiger partial charge is 0.504 e. The molecule has 13 heavy (non-hydrogen) atoms. The van der Waals surface area contributed by atoms with Gasteiger partial charge in [-0.3, -0.25) is 0 Å². The predicted octanol–water partition coefficient (Wildman–Crippen LogP) is 1.86. The van der Waals surface area contributed by atoms with Crippen molar-refractivity contribution in [2.24, 2.45) is 0 Å². The van der Waals surface area contributed by atoms with Gasteiger partial charge in [-0.15, -0.1) is 0 Å². The summed E-state index contributed by atoms with van der Waals surface area (Å²) in [4.78, 5) is 0. The van der Waals surface area contributed by atoms with Crippen LogP contribution < -0.4 is 9.47 Å². The summed E-state index contributed by atoms with van der Waals surface area (Å²) in [5.74, 6) is 1.32. The van der Waals surface area contributed by atoms with Crippen LogP contribution in [0.1, 0.15) is 12.0 Å². The van der Waals surface area contributed by atoms with Crippen molar-refractivity contribution in [3.8, 4) is 17.2 Å². The van der Waals surface area contributed by atoms with E-state index in [0.717, 1.165) is 12.0 Å². The summed E-state index contributed by atoms with van der Waals surface area (Å²) in [5.41, 5.74) is 0.809. The molecule has 2 rings (SSSR count). The van der Waals surface area contributed by atoms with Crippen molar-refractivity contribution >= 4 is 0 Å². The number of aromatic hydroxyl groups is 1. The Morgan fingerprint density at radius 3 is 2.85 bits per heavy atom. The van der Waals surface area contributed by atoms with E-state index < -0.39 is 0 Å². The van der Waals surface area contributed by atoms with Crippen molar-refractivity contribution in [2.45, 2.75) is 13.3 Å². The zero-order valence-corrected chi connectivity index (χ0v) is 7.54. The molecule has 1 aromatic rings. The van der Waals surface area contributed by atoms with Gasteiger partial charge in [0.25, 0.3) is 0 Å². The molecule has 70 valence electrons. The summed E-state index contributed by atoms with van der Waals surface area (Å²) in [6.07, 6.45) is 0.854. The molecule has 0 spiro atoms. The molecule has 1 N–H and O–H groups in total. The number of hydrogen-bond donors (Lipinski definition) is 1. The molecule has 0 aliphatic carbocycles. The van der Waals surface area contributed by atoms with E-state index in [9.17, 15) is 5.11 Å². The van der Waals surface area contributed by atoms with Crippen LogP contribution in [-0.4, -0.2) is 18.3 Å². The van der Waals surface area contributed by atoms with Gasteiger partial charge in [-0.2, -0.15) is 0 Å². The highest BCUT2D eigenvalue weighted by Crippen LogP contribution is 2.39.